The number of rotatable bonds is 8. The molecule has 0 unspecified atom stereocenters. The van der Waals surface area contributed by atoms with Crippen LogP contribution in [0, 0.1) is 12.3 Å². The summed E-state index contributed by atoms with van der Waals surface area (Å²) >= 11 is 0. The molecule has 0 amide bonds. The molecule has 0 saturated carbocycles. The molecule has 1 N–H and O–H groups in total. The number of ether oxygens (including phenoxy) is 3. The molecule has 0 saturated heterocycles. The third-order valence-corrected chi connectivity index (χ3v) is 5.37. The van der Waals surface area contributed by atoms with Crippen molar-refractivity contribution in [2.75, 3.05) is 14.2 Å². The van der Waals surface area contributed by atoms with Crippen LogP contribution in [0.25, 0.3) is 11.1 Å². The number of esters is 1. The summed E-state index contributed by atoms with van der Waals surface area (Å²) in [4.78, 5) is 33.3. The number of para-hydroxylation sites is 1. The van der Waals surface area contributed by atoms with Crippen LogP contribution in [-0.2, 0) is 11.3 Å². The minimum atomic E-state index is -0.501. The predicted molar refractivity (Wildman–Crippen MR) is 131 cm³/mol. The molecule has 0 aliphatic carbocycles. The van der Waals surface area contributed by atoms with Crippen molar-refractivity contribution in [3.05, 3.63) is 65.2 Å². The third kappa shape index (κ3) is 5.95. The first-order chi connectivity index (χ1) is 16.6. The highest BCUT2D eigenvalue weighted by molar-refractivity contribution is 5.99. The van der Waals surface area contributed by atoms with Crippen LogP contribution in [0.4, 0.5) is 0 Å². The van der Waals surface area contributed by atoms with E-state index < -0.39 is 5.97 Å². The summed E-state index contributed by atoms with van der Waals surface area (Å²) in [7, 11) is 2.79. The summed E-state index contributed by atoms with van der Waals surface area (Å²) in [6.07, 6.45) is 3.56. The Kier molecular flexibility index (Phi) is 7.74. The number of methoxy groups -OCH3 is 2. The van der Waals surface area contributed by atoms with E-state index in [1.165, 1.54) is 14.2 Å². The van der Waals surface area contributed by atoms with Crippen molar-refractivity contribution in [1.29, 1.82) is 0 Å². The fraction of sp³-hybridized carbons (Fsp3) is 0.333. The first kappa shape index (κ1) is 25.7. The molecule has 0 spiro atoms. The Bertz CT molecular complexity index is 1230. The van der Waals surface area contributed by atoms with Crippen molar-refractivity contribution in [3.63, 3.8) is 0 Å². The van der Waals surface area contributed by atoms with Crippen molar-refractivity contribution >= 4 is 11.8 Å². The smallest absolute Gasteiger partial charge is 0.341 e. The van der Waals surface area contributed by atoms with Gasteiger partial charge in [0.2, 0.25) is 0 Å². The van der Waals surface area contributed by atoms with Crippen LogP contribution in [-0.4, -0.2) is 41.0 Å². The highest BCUT2D eigenvalue weighted by Gasteiger charge is 2.22. The van der Waals surface area contributed by atoms with Gasteiger partial charge in [0.05, 0.1) is 19.8 Å². The van der Waals surface area contributed by atoms with Gasteiger partial charge in [0.15, 0.2) is 11.6 Å². The second kappa shape index (κ2) is 10.5. The summed E-state index contributed by atoms with van der Waals surface area (Å²) in [5, 5.41) is 10.6. The number of carbonyl (C=O) groups is 2. The highest BCUT2D eigenvalue weighted by Crippen LogP contribution is 2.34. The van der Waals surface area contributed by atoms with Gasteiger partial charge < -0.3 is 19.3 Å². The van der Waals surface area contributed by atoms with Gasteiger partial charge in [-0.15, -0.1) is 0 Å². The number of hydrogen-bond acceptors (Lipinski definition) is 8. The number of carbonyl (C=O) groups excluding carboxylic acids is 2. The lowest BCUT2D eigenvalue weighted by molar-refractivity contribution is 0.0597. The van der Waals surface area contributed by atoms with Crippen LogP contribution < -0.4 is 9.47 Å². The van der Waals surface area contributed by atoms with Crippen molar-refractivity contribution in [3.8, 4) is 28.4 Å². The predicted octanol–water partition coefficient (Wildman–Crippen LogP) is 5.15. The summed E-state index contributed by atoms with van der Waals surface area (Å²) in [5.41, 5.74) is 2.20. The van der Waals surface area contributed by atoms with E-state index in [1.54, 1.807) is 49.6 Å². The van der Waals surface area contributed by atoms with Gasteiger partial charge in [-0.05, 0) is 30.5 Å². The molecule has 0 bridgehead atoms. The van der Waals surface area contributed by atoms with E-state index in [0.717, 1.165) is 0 Å². The maximum atomic E-state index is 12.5. The van der Waals surface area contributed by atoms with Gasteiger partial charge in [0.1, 0.15) is 29.4 Å². The van der Waals surface area contributed by atoms with Crippen LogP contribution in [0.1, 0.15) is 59.3 Å². The fourth-order valence-corrected chi connectivity index (χ4v) is 3.61. The SMILES string of the molecule is COC(=O)c1cccc(-c2cnc(COc3ccc(C(=O)CC(C)(C)C)c(O)c3C)nc2)c1OC. The number of Topliss-reactive ketones (excluding diaryl/α,β-unsaturated/α-hetero) is 1. The molecular formula is C27H30N2O6. The Morgan fingerprint density at radius 2 is 1.69 bits per heavy atom. The molecule has 8 nitrogen and oxygen atoms in total. The van der Waals surface area contributed by atoms with E-state index in [4.69, 9.17) is 14.2 Å². The van der Waals surface area contributed by atoms with E-state index in [9.17, 15) is 14.7 Å². The van der Waals surface area contributed by atoms with E-state index in [-0.39, 0.29) is 29.1 Å². The summed E-state index contributed by atoms with van der Waals surface area (Å²) < 4.78 is 16.1. The molecular weight excluding hydrogens is 448 g/mol. The van der Waals surface area contributed by atoms with E-state index >= 15 is 0 Å². The maximum absolute atomic E-state index is 12.5. The van der Waals surface area contributed by atoms with Crippen molar-refractivity contribution in [1.82, 2.24) is 9.97 Å². The van der Waals surface area contributed by atoms with Crippen LogP contribution in [0.3, 0.4) is 0 Å². The number of aromatic nitrogens is 2. The van der Waals surface area contributed by atoms with Gasteiger partial charge in [-0.25, -0.2) is 14.8 Å². The Hall–Kier alpha value is -3.94. The number of ketones is 1. The van der Waals surface area contributed by atoms with Gasteiger partial charge in [0.25, 0.3) is 0 Å². The van der Waals surface area contributed by atoms with Crippen LogP contribution in [0.2, 0.25) is 0 Å². The minimum absolute atomic E-state index is 0.0647. The third-order valence-electron chi connectivity index (χ3n) is 5.37. The normalized spacial score (nSPS) is 11.1. The first-order valence-electron chi connectivity index (χ1n) is 11.1. The number of aromatic hydroxyl groups is 1. The van der Waals surface area contributed by atoms with Crippen molar-refractivity contribution in [2.24, 2.45) is 5.41 Å². The van der Waals surface area contributed by atoms with Gasteiger partial charge in [-0.1, -0.05) is 32.9 Å². The quantitative estimate of drug-likeness (QED) is 0.350. The lowest BCUT2D eigenvalue weighted by Crippen LogP contribution is -2.13. The molecule has 1 aromatic heterocycles. The monoisotopic (exact) mass is 478 g/mol. The zero-order valence-corrected chi connectivity index (χ0v) is 20.8. The van der Waals surface area contributed by atoms with Gasteiger partial charge in [0, 0.05) is 35.5 Å². The molecule has 3 aromatic rings. The van der Waals surface area contributed by atoms with Gasteiger partial charge in [-0.2, -0.15) is 0 Å². The van der Waals surface area contributed by atoms with Gasteiger partial charge in [-0.3, -0.25) is 4.79 Å². The Labute approximate surface area is 204 Å². The molecule has 0 fully saturated rings. The average molecular weight is 479 g/mol. The standard InChI is InChI=1S/C27H30N2O6/c1-16-22(11-10-19(24(16)31)21(30)12-27(2,3)4)35-15-23-28-13-17(14-29-23)18-8-7-9-20(25(18)33-5)26(32)34-6/h7-11,13-14,31H,12,15H2,1-6H3. The van der Waals surface area contributed by atoms with Crippen LogP contribution >= 0.6 is 0 Å². The van der Waals surface area contributed by atoms with Gasteiger partial charge >= 0.3 is 5.97 Å². The summed E-state index contributed by atoms with van der Waals surface area (Å²) in [6, 6.07) is 8.40. The summed E-state index contributed by atoms with van der Waals surface area (Å²) in [5.74, 6) is 0.540. The zero-order chi connectivity index (χ0) is 25.8. The highest BCUT2D eigenvalue weighted by atomic mass is 16.5. The van der Waals surface area contributed by atoms with Crippen molar-refractivity contribution in [2.45, 2.75) is 40.7 Å². The largest absolute Gasteiger partial charge is 0.507 e. The topological polar surface area (TPSA) is 108 Å². The second-order valence-corrected chi connectivity index (χ2v) is 9.30. The van der Waals surface area contributed by atoms with Crippen LogP contribution in [0.15, 0.2) is 42.7 Å². The van der Waals surface area contributed by atoms with Crippen molar-refractivity contribution < 1.29 is 28.9 Å². The van der Waals surface area contributed by atoms with E-state index in [2.05, 4.69) is 9.97 Å². The molecule has 0 radical (unpaired) electrons. The number of nitrogens with zero attached hydrogens (tertiary/aromatic N) is 2. The minimum Gasteiger partial charge on any atom is -0.507 e. The second-order valence-electron chi connectivity index (χ2n) is 9.30. The van der Waals surface area contributed by atoms with Crippen LogP contribution in [0.5, 0.6) is 17.2 Å². The molecule has 0 aliphatic rings. The molecule has 2 aromatic carbocycles. The number of phenolic OH excluding ortho intramolecular Hbond substituents is 1. The number of hydrogen-bond donors (Lipinski definition) is 1. The summed E-state index contributed by atoms with van der Waals surface area (Å²) in [6.45, 7) is 7.69. The Morgan fingerprint density at radius 1 is 1.00 bits per heavy atom. The maximum Gasteiger partial charge on any atom is 0.341 e. The Balaban J connectivity index is 1.76. The fourth-order valence-electron chi connectivity index (χ4n) is 3.61. The molecule has 1 heterocycles. The van der Waals surface area contributed by atoms with E-state index in [1.807, 2.05) is 20.8 Å². The molecule has 0 atom stereocenters. The zero-order valence-electron chi connectivity index (χ0n) is 20.8. The number of benzene rings is 2. The first-order valence-corrected chi connectivity index (χ1v) is 11.1. The lowest BCUT2D eigenvalue weighted by atomic mass is 9.87. The molecule has 35 heavy (non-hydrogen) atoms. The molecule has 3 rings (SSSR count). The molecule has 184 valence electrons. The van der Waals surface area contributed by atoms with E-state index in [0.29, 0.717) is 46.0 Å². The lowest BCUT2D eigenvalue weighted by Gasteiger charge is -2.18. The molecule has 0 aliphatic heterocycles. The number of phenols is 1. The molecule has 8 heteroatoms. The average Bonchev–Trinajstić information content (AvgIpc) is 2.83. The Morgan fingerprint density at radius 3 is 2.29 bits per heavy atom.